The number of rotatable bonds is 3. The summed E-state index contributed by atoms with van der Waals surface area (Å²) in [4.78, 5) is 21.3. The first-order chi connectivity index (χ1) is 6.15. The average Bonchev–Trinajstić information content (AvgIpc) is 2.02. The van der Waals surface area contributed by atoms with Gasteiger partial charge in [-0.1, -0.05) is 6.92 Å². The topological polar surface area (TPSA) is 55.4 Å². The number of carbonyl (C=O) groups excluding carboxylic acids is 2. The van der Waals surface area contributed by atoms with Crippen LogP contribution in [0.15, 0.2) is 12.3 Å². The monoisotopic (exact) mass is 183 g/mol. The fourth-order valence-electron chi connectivity index (χ4n) is 1.28. The highest BCUT2D eigenvalue weighted by atomic mass is 16.5. The molecule has 1 heterocycles. The van der Waals surface area contributed by atoms with Crippen LogP contribution in [-0.4, -0.2) is 17.9 Å². The van der Waals surface area contributed by atoms with Crippen molar-refractivity contribution in [3.05, 3.63) is 12.3 Å². The van der Waals surface area contributed by atoms with Gasteiger partial charge in [0.05, 0.1) is 18.2 Å². The van der Waals surface area contributed by atoms with Gasteiger partial charge in [-0.25, -0.2) is 0 Å². The molecule has 1 amide bonds. The van der Waals surface area contributed by atoms with Crippen LogP contribution < -0.4 is 5.32 Å². The number of carbonyl (C=O) groups is 2. The Morgan fingerprint density at radius 1 is 1.69 bits per heavy atom. The van der Waals surface area contributed by atoms with Crippen LogP contribution in [0.3, 0.4) is 0 Å². The maximum Gasteiger partial charge on any atom is 0.307 e. The molecule has 0 aromatic heterocycles. The highest BCUT2D eigenvalue weighted by Crippen LogP contribution is 2.19. The summed E-state index contributed by atoms with van der Waals surface area (Å²) in [6, 6.07) is 0.0249. The van der Waals surface area contributed by atoms with Gasteiger partial charge in [0.1, 0.15) is 0 Å². The molecule has 4 heteroatoms. The van der Waals surface area contributed by atoms with Crippen LogP contribution in [0.2, 0.25) is 0 Å². The minimum Gasteiger partial charge on any atom is -0.435 e. The van der Waals surface area contributed by atoms with Crippen LogP contribution in [0.1, 0.15) is 20.3 Å². The van der Waals surface area contributed by atoms with Crippen LogP contribution in [-0.2, 0) is 14.3 Å². The van der Waals surface area contributed by atoms with E-state index < -0.39 is 0 Å². The quantitative estimate of drug-likeness (QED) is 0.396. The summed E-state index contributed by atoms with van der Waals surface area (Å²) in [6.45, 7) is 3.29. The van der Waals surface area contributed by atoms with Gasteiger partial charge in [-0.05, 0) is 12.5 Å². The minimum absolute atomic E-state index is 0.0249. The van der Waals surface area contributed by atoms with Crippen molar-refractivity contribution >= 4 is 11.9 Å². The molecular weight excluding hydrogens is 170 g/mol. The first-order valence-electron chi connectivity index (χ1n) is 4.29. The average molecular weight is 183 g/mol. The summed E-state index contributed by atoms with van der Waals surface area (Å²) in [5.41, 5.74) is 0. The Morgan fingerprint density at radius 2 is 2.38 bits per heavy atom. The number of amides is 1. The molecule has 1 aliphatic rings. The normalized spacial score (nSPS) is 26.8. The summed E-state index contributed by atoms with van der Waals surface area (Å²) in [5.74, 6) is -0.248. The van der Waals surface area contributed by atoms with Crippen molar-refractivity contribution in [1.29, 1.82) is 0 Å². The lowest BCUT2D eigenvalue weighted by molar-refractivity contribution is -0.135. The van der Waals surface area contributed by atoms with E-state index in [-0.39, 0.29) is 23.8 Å². The molecule has 0 spiro atoms. The Kier molecular flexibility index (Phi) is 3.06. The number of nitrogens with one attached hydrogen (secondary N) is 1. The van der Waals surface area contributed by atoms with Crippen LogP contribution in [0.25, 0.3) is 0 Å². The largest absolute Gasteiger partial charge is 0.435 e. The van der Waals surface area contributed by atoms with E-state index in [4.69, 9.17) is 0 Å². The van der Waals surface area contributed by atoms with E-state index in [0.29, 0.717) is 0 Å². The maximum absolute atomic E-state index is 10.9. The first-order valence-corrected chi connectivity index (χ1v) is 4.29. The second kappa shape index (κ2) is 4.07. The molecule has 1 fully saturated rings. The molecule has 2 unspecified atom stereocenters. The van der Waals surface area contributed by atoms with Crippen molar-refractivity contribution in [2.24, 2.45) is 5.92 Å². The van der Waals surface area contributed by atoms with Gasteiger partial charge in [0.2, 0.25) is 5.91 Å². The highest BCUT2D eigenvalue weighted by Gasteiger charge is 2.35. The van der Waals surface area contributed by atoms with Crippen molar-refractivity contribution in [2.75, 3.05) is 0 Å². The van der Waals surface area contributed by atoms with Crippen molar-refractivity contribution in [2.45, 2.75) is 26.3 Å². The van der Waals surface area contributed by atoms with Crippen molar-refractivity contribution in [3.63, 3.8) is 0 Å². The van der Waals surface area contributed by atoms with E-state index in [2.05, 4.69) is 10.1 Å². The SMILES string of the molecule is CCC1C(=O)NC1C=COC(C)=O. The van der Waals surface area contributed by atoms with Crippen LogP contribution in [0.4, 0.5) is 0 Å². The molecule has 1 rings (SSSR count). The van der Waals surface area contributed by atoms with Gasteiger partial charge in [0, 0.05) is 6.92 Å². The van der Waals surface area contributed by atoms with Crippen molar-refractivity contribution in [3.8, 4) is 0 Å². The van der Waals surface area contributed by atoms with Crippen LogP contribution in [0.5, 0.6) is 0 Å². The molecule has 2 atom stereocenters. The van der Waals surface area contributed by atoms with Crippen LogP contribution in [0, 0.1) is 5.92 Å². The Morgan fingerprint density at radius 3 is 2.85 bits per heavy atom. The van der Waals surface area contributed by atoms with E-state index in [0.717, 1.165) is 6.42 Å². The summed E-state index contributed by atoms with van der Waals surface area (Å²) < 4.78 is 4.61. The van der Waals surface area contributed by atoms with E-state index in [1.807, 2.05) is 6.92 Å². The molecule has 1 N–H and O–H groups in total. The Bertz CT molecular complexity index is 247. The molecule has 13 heavy (non-hydrogen) atoms. The summed E-state index contributed by atoms with van der Waals surface area (Å²) in [5, 5.41) is 2.70. The Balaban J connectivity index is 2.34. The third-order valence-electron chi connectivity index (χ3n) is 2.04. The van der Waals surface area contributed by atoms with Crippen molar-refractivity contribution < 1.29 is 14.3 Å². The molecule has 4 nitrogen and oxygen atoms in total. The lowest BCUT2D eigenvalue weighted by Crippen LogP contribution is -2.56. The zero-order valence-electron chi connectivity index (χ0n) is 7.74. The molecule has 72 valence electrons. The first kappa shape index (κ1) is 9.77. The molecule has 1 aliphatic heterocycles. The van der Waals surface area contributed by atoms with Gasteiger partial charge < -0.3 is 10.1 Å². The number of ether oxygens (including phenoxy) is 1. The number of β-lactam (4-membered cyclic amide) rings is 1. The van der Waals surface area contributed by atoms with E-state index in [9.17, 15) is 9.59 Å². The maximum atomic E-state index is 10.9. The van der Waals surface area contributed by atoms with Gasteiger partial charge in [-0.3, -0.25) is 9.59 Å². The lowest BCUT2D eigenvalue weighted by Gasteiger charge is -2.33. The van der Waals surface area contributed by atoms with Gasteiger partial charge in [-0.15, -0.1) is 0 Å². The second-order valence-corrected chi connectivity index (χ2v) is 2.99. The molecular formula is C9H13NO3. The molecule has 0 radical (unpaired) electrons. The highest BCUT2D eigenvalue weighted by molar-refractivity contribution is 5.86. The second-order valence-electron chi connectivity index (χ2n) is 2.99. The molecule has 0 saturated carbocycles. The predicted octanol–water partition coefficient (Wildman–Crippen LogP) is 0.588. The fraction of sp³-hybridized carbons (Fsp3) is 0.556. The Labute approximate surface area is 76.9 Å². The van der Waals surface area contributed by atoms with Gasteiger partial charge >= 0.3 is 5.97 Å². The molecule has 0 aromatic rings. The minimum atomic E-state index is -0.352. The van der Waals surface area contributed by atoms with E-state index in [1.54, 1.807) is 6.08 Å². The summed E-state index contributed by atoms with van der Waals surface area (Å²) in [7, 11) is 0. The van der Waals surface area contributed by atoms with Gasteiger partial charge in [-0.2, -0.15) is 0 Å². The fourth-order valence-corrected chi connectivity index (χ4v) is 1.28. The zero-order chi connectivity index (χ0) is 9.84. The predicted molar refractivity (Wildman–Crippen MR) is 46.6 cm³/mol. The van der Waals surface area contributed by atoms with Gasteiger partial charge in [0.15, 0.2) is 0 Å². The third kappa shape index (κ3) is 2.31. The summed E-state index contributed by atoms with van der Waals surface area (Å²) >= 11 is 0. The molecule has 0 bridgehead atoms. The number of hydrogen-bond donors (Lipinski definition) is 1. The third-order valence-corrected chi connectivity index (χ3v) is 2.04. The summed E-state index contributed by atoms with van der Waals surface area (Å²) in [6.07, 6.45) is 3.83. The zero-order valence-corrected chi connectivity index (χ0v) is 7.74. The smallest absolute Gasteiger partial charge is 0.307 e. The van der Waals surface area contributed by atoms with E-state index >= 15 is 0 Å². The van der Waals surface area contributed by atoms with Gasteiger partial charge in [0.25, 0.3) is 0 Å². The standard InChI is InChI=1S/C9H13NO3/c1-3-7-8(10-9(7)12)4-5-13-6(2)11/h4-5,7-8H,3H2,1-2H3,(H,10,12). The van der Waals surface area contributed by atoms with Crippen LogP contribution >= 0.6 is 0 Å². The molecule has 0 aliphatic carbocycles. The number of esters is 1. The lowest BCUT2D eigenvalue weighted by atomic mass is 9.88. The number of hydrogen-bond acceptors (Lipinski definition) is 3. The van der Waals surface area contributed by atoms with Crippen molar-refractivity contribution in [1.82, 2.24) is 5.32 Å². The molecule has 1 saturated heterocycles. The van der Waals surface area contributed by atoms with E-state index in [1.165, 1.54) is 13.2 Å². The Hall–Kier alpha value is -1.32. The molecule has 0 aromatic carbocycles.